The number of hydrogen-bond donors (Lipinski definition) is 1. The lowest BCUT2D eigenvalue weighted by atomic mass is 10.8. The van der Waals surface area contributed by atoms with E-state index in [9.17, 15) is 0 Å². The van der Waals surface area contributed by atoms with E-state index in [4.69, 9.17) is 5.40 Å². The summed E-state index contributed by atoms with van der Waals surface area (Å²) >= 11 is 0. The molecule has 0 aromatic rings. The second kappa shape index (κ2) is 3.51. The molecule has 0 aliphatic rings. The van der Waals surface area contributed by atoms with Gasteiger partial charge < -0.3 is 5.40 Å². The minimum absolute atomic E-state index is 1.01. The van der Waals surface area contributed by atoms with Gasteiger partial charge in [-0.15, -0.1) is 18.9 Å². The Hall–Kier alpha value is -0.126. The van der Waals surface area contributed by atoms with E-state index in [-0.39, 0.29) is 0 Å². The lowest BCUT2D eigenvalue weighted by molar-refractivity contribution is 1.50. The van der Waals surface area contributed by atoms with Gasteiger partial charge in [0, 0.05) is 0 Å². The summed E-state index contributed by atoms with van der Waals surface area (Å²) in [6.07, 6.45) is 1.95. The topological polar surface area (TPSA) is 26.0 Å². The molecule has 1 unspecified atom stereocenters. The van der Waals surface area contributed by atoms with Crippen LogP contribution in [0.3, 0.4) is 0 Å². The molecule has 0 aliphatic carbocycles. The summed E-state index contributed by atoms with van der Waals surface area (Å²) in [5.74, 6) is 0. The highest BCUT2D eigenvalue weighted by Crippen LogP contribution is 2.18. The Labute approximate surface area is 71.9 Å². The molecule has 0 bridgehead atoms. The van der Waals surface area contributed by atoms with Gasteiger partial charge in [-0.05, 0) is 6.04 Å². The standard InChI is InChI=1S/C8H19NSi2/c1-6-8-11(5,9)10(3,4)7-2/h6-7H,1-2,8-9H2,3-5H3. The fourth-order valence-corrected chi connectivity index (χ4v) is 5.80. The van der Waals surface area contributed by atoms with Crippen LogP contribution in [-0.4, -0.2) is 15.3 Å². The molecule has 2 N–H and O–H groups in total. The highest BCUT2D eigenvalue weighted by atomic mass is 29.3. The van der Waals surface area contributed by atoms with E-state index in [1.165, 1.54) is 0 Å². The molecule has 0 saturated carbocycles. The van der Waals surface area contributed by atoms with E-state index in [2.05, 4.69) is 38.5 Å². The van der Waals surface area contributed by atoms with Gasteiger partial charge in [-0.3, -0.25) is 0 Å². The van der Waals surface area contributed by atoms with E-state index in [1.54, 1.807) is 0 Å². The largest absolute Gasteiger partial charge is 0.352 e. The third kappa shape index (κ3) is 2.43. The predicted molar refractivity (Wildman–Crippen MR) is 58.5 cm³/mol. The highest BCUT2D eigenvalue weighted by molar-refractivity contribution is 7.42. The number of hydrogen-bond acceptors (Lipinski definition) is 1. The van der Waals surface area contributed by atoms with Crippen molar-refractivity contribution in [1.82, 2.24) is 0 Å². The predicted octanol–water partition coefficient (Wildman–Crippen LogP) is 2.22. The lowest BCUT2D eigenvalue weighted by Gasteiger charge is -2.34. The summed E-state index contributed by atoms with van der Waals surface area (Å²) in [7, 11) is -2.84. The van der Waals surface area contributed by atoms with Crippen LogP contribution in [0.5, 0.6) is 0 Å². The van der Waals surface area contributed by atoms with Gasteiger partial charge in [0.05, 0.1) is 7.59 Å². The molecule has 0 amide bonds. The number of nitrogens with two attached hydrogens (primary N) is 1. The molecule has 0 aromatic carbocycles. The van der Waals surface area contributed by atoms with Gasteiger partial charge in [-0.2, -0.15) is 0 Å². The van der Waals surface area contributed by atoms with Crippen molar-refractivity contribution in [1.29, 1.82) is 0 Å². The molecule has 3 heteroatoms. The maximum absolute atomic E-state index is 6.27. The summed E-state index contributed by atoms with van der Waals surface area (Å²) in [6, 6.07) is 1.01. The first-order valence-corrected chi connectivity index (χ1v) is 10.8. The van der Waals surface area contributed by atoms with Crippen molar-refractivity contribution < 1.29 is 0 Å². The molecule has 1 nitrogen and oxygen atoms in total. The van der Waals surface area contributed by atoms with Gasteiger partial charge in [-0.25, -0.2) is 0 Å². The molecular weight excluding hydrogens is 166 g/mol. The Morgan fingerprint density at radius 2 is 1.73 bits per heavy atom. The quantitative estimate of drug-likeness (QED) is 0.527. The van der Waals surface area contributed by atoms with Crippen LogP contribution in [0.1, 0.15) is 0 Å². The third-order valence-corrected chi connectivity index (χ3v) is 17.7. The highest BCUT2D eigenvalue weighted by Gasteiger charge is 2.38. The van der Waals surface area contributed by atoms with Crippen molar-refractivity contribution in [3.05, 3.63) is 24.9 Å². The molecule has 1 atom stereocenters. The van der Waals surface area contributed by atoms with Crippen molar-refractivity contribution in [3.63, 3.8) is 0 Å². The molecule has 11 heavy (non-hydrogen) atoms. The van der Waals surface area contributed by atoms with Crippen molar-refractivity contribution in [2.45, 2.75) is 25.7 Å². The Morgan fingerprint density at radius 1 is 1.27 bits per heavy atom. The Balaban J connectivity index is 4.50. The van der Waals surface area contributed by atoms with Crippen LogP contribution in [0.2, 0.25) is 25.7 Å². The molecule has 0 saturated heterocycles. The SMILES string of the molecule is C=CC[Si](C)(N)[Si](C)(C)C=C. The van der Waals surface area contributed by atoms with Gasteiger partial charge in [0.25, 0.3) is 0 Å². The second-order valence-electron chi connectivity index (χ2n) is 3.84. The van der Waals surface area contributed by atoms with Gasteiger partial charge in [-0.1, -0.05) is 25.7 Å². The average molecular weight is 185 g/mol. The molecule has 0 aliphatic heterocycles. The van der Waals surface area contributed by atoms with Crippen molar-refractivity contribution in [2.24, 2.45) is 5.40 Å². The number of allylic oxidation sites excluding steroid dienone is 1. The first-order chi connectivity index (χ1) is 4.87. The van der Waals surface area contributed by atoms with Gasteiger partial charge in [0.1, 0.15) is 7.75 Å². The van der Waals surface area contributed by atoms with Crippen LogP contribution < -0.4 is 5.40 Å². The van der Waals surface area contributed by atoms with E-state index in [0.717, 1.165) is 6.04 Å². The summed E-state index contributed by atoms with van der Waals surface area (Å²) in [6.45, 7) is 14.4. The van der Waals surface area contributed by atoms with Crippen molar-refractivity contribution >= 4 is 15.3 Å². The van der Waals surface area contributed by atoms with Crippen LogP contribution in [0.4, 0.5) is 0 Å². The van der Waals surface area contributed by atoms with Crippen LogP contribution >= 0.6 is 0 Å². The maximum atomic E-state index is 6.27. The Morgan fingerprint density at radius 3 is 2.00 bits per heavy atom. The fraction of sp³-hybridized carbons (Fsp3) is 0.500. The summed E-state index contributed by atoms with van der Waals surface area (Å²) in [4.78, 5) is 0. The van der Waals surface area contributed by atoms with Gasteiger partial charge in [0.2, 0.25) is 0 Å². The van der Waals surface area contributed by atoms with Crippen molar-refractivity contribution in [2.75, 3.05) is 0 Å². The zero-order chi connectivity index (χ0) is 9.12. The van der Waals surface area contributed by atoms with Gasteiger partial charge >= 0.3 is 0 Å². The molecule has 0 spiro atoms. The van der Waals surface area contributed by atoms with Crippen LogP contribution in [-0.2, 0) is 0 Å². The third-order valence-electron chi connectivity index (χ3n) is 2.55. The van der Waals surface area contributed by atoms with Crippen LogP contribution in [0, 0.1) is 0 Å². The molecule has 0 fully saturated rings. The molecule has 0 rings (SSSR count). The van der Waals surface area contributed by atoms with Crippen LogP contribution in [0.25, 0.3) is 0 Å². The zero-order valence-corrected chi connectivity index (χ0v) is 9.85. The van der Waals surface area contributed by atoms with Gasteiger partial charge in [0.15, 0.2) is 0 Å². The van der Waals surface area contributed by atoms with Crippen molar-refractivity contribution in [3.8, 4) is 0 Å². The first kappa shape index (κ1) is 10.9. The Kier molecular flexibility index (Phi) is 3.47. The Bertz CT molecular complexity index is 161. The van der Waals surface area contributed by atoms with E-state index >= 15 is 0 Å². The fourth-order valence-electron chi connectivity index (χ4n) is 0.796. The monoisotopic (exact) mass is 185 g/mol. The molecule has 0 radical (unpaired) electrons. The number of rotatable bonds is 4. The van der Waals surface area contributed by atoms with Crippen LogP contribution in [0.15, 0.2) is 24.9 Å². The molecule has 0 heterocycles. The average Bonchev–Trinajstić information content (AvgIpc) is 1.87. The minimum Gasteiger partial charge on any atom is -0.352 e. The molecule has 64 valence electrons. The molecule has 0 aromatic heterocycles. The first-order valence-electron chi connectivity index (χ1n) is 3.91. The van der Waals surface area contributed by atoms with E-state index in [0.29, 0.717) is 0 Å². The maximum Gasteiger partial charge on any atom is 0.117 e. The van der Waals surface area contributed by atoms with E-state index < -0.39 is 15.3 Å². The summed E-state index contributed by atoms with van der Waals surface area (Å²) in [5, 5.41) is 6.27. The lowest BCUT2D eigenvalue weighted by Crippen LogP contribution is -2.62. The van der Waals surface area contributed by atoms with E-state index in [1.807, 2.05) is 6.08 Å². The summed E-state index contributed by atoms with van der Waals surface area (Å²) in [5.41, 5.74) is 2.10. The molecular formula is C8H19NSi2. The normalized spacial score (nSPS) is 17.1. The second-order valence-corrected chi connectivity index (χ2v) is 18.2. The zero-order valence-electron chi connectivity index (χ0n) is 7.85. The summed E-state index contributed by atoms with van der Waals surface area (Å²) < 4.78 is 0. The minimum atomic E-state index is -1.53. The smallest absolute Gasteiger partial charge is 0.117 e.